The molecule has 1 rings (SSSR count). The molecule has 0 aromatic heterocycles. The highest BCUT2D eigenvalue weighted by molar-refractivity contribution is 9.10. The van der Waals surface area contributed by atoms with E-state index in [9.17, 15) is 0 Å². The fourth-order valence-corrected chi connectivity index (χ4v) is 2.01. The van der Waals surface area contributed by atoms with Crippen LogP contribution in [0.5, 0.6) is 0 Å². The minimum absolute atomic E-state index is 0.571. The van der Waals surface area contributed by atoms with Gasteiger partial charge in [0.2, 0.25) is 0 Å². The Balaban J connectivity index is 2.07. The Morgan fingerprint density at radius 3 is 2.56 bits per heavy atom. The van der Waals surface area contributed by atoms with Crippen LogP contribution in [0.1, 0.15) is 12.0 Å². The number of rotatable bonds is 9. The molecule has 1 aromatic carbocycles. The number of halogens is 1. The minimum atomic E-state index is 0.571. The average Bonchev–Trinajstić information content (AvgIpc) is 2.31. The maximum atomic E-state index is 5.74. The van der Waals surface area contributed by atoms with Crippen molar-refractivity contribution < 1.29 is 14.2 Å². The van der Waals surface area contributed by atoms with Crippen molar-refractivity contribution >= 4 is 21.6 Å². The zero-order valence-electron chi connectivity index (χ0n) is 10.7. The summed E-state index contributed by atoms with van der Waals surface area (Å²) in [4.78, 5) is 0. The first-order chi connectivity index (χ1) is 8.72. The number of anilines is 1. The largest absolute Gasteiger partial charge is 0.399 e. The Morgan fingerprint density at radius 2 is 1.83 bits per heavy atom. The highest BCUT2D eigenvalue weighted by atomic mass is 79.9. The van der Waals surface area contributed by atoms with Gasteiger partial charge < -0.3 is 19.9 Å². The Bertz CT molecular complexity index is 327. The molecule has 0 heterocycles. The van der Waals surface area contributed by atoms with Gasteiger partial charge in [0.25, 0.3) is 0 Å². The standard InChI is InChI=1S/C13H20BrNO3/c1-16-5-6-17-3-2-4-18-10-11-7-12(14)9-13(15)8-11/h7-9H,2-6,10,15H2,1H3. The minimum Gasteiger partial charge on any atom is -0.399 e. The first-order valence-electron chi connectivity index (χ1n) is 5.91. The van der Waals surface area contributed by atoms with Gasteiger partial charge in [0.1, 0.15) is 0 Å². The third-order valence-corrected chi connectivity index (χ3v) is 2.72. The first kappa shape index (κ1) is 15.4. The van der Waals surface area contributed by atoms with E-state index in [1.807, 2.05) is 18.2 Å². The maximum Gasteiger partial charge on any atom is 0.0718 e. The summed E-state index contributed by atoms with van der Waals surface area (Å²) in [6.45, 7) is 3.22. The van der Waals surface area contributed by atoms with Crippen molar-refractivity contribution in [3.8, 4) is 0 Å². The van der Waals surface area contributed by atoms with Crippen LogP contribution in [0.15, 0.2) is 22.7 Å². The lowest BCUT2D eigenvalue weighted by Gasteiger charge is -2.07. The second-order valence-electron chi connectivity index (χ2n) is 3.90. The van der Waals surface area contributed by atoms with E-state index in [-0.39, 0.29) is 0 Å². The SMILES string of the molecule is COCCOCCCOCc1cc(N)cc(Br)c1. The summed E-state index contributed by atoms with van der Waals surface area (Å²) in [7, 11) is 1.66. The summed E-state index contributed by atoms with van der Waals surface area (Å²) in [6.07, 6.45) is 0.882. The first-order valence-corrected chi connectivity index (χ1v) is 6.71. The van der Waals surface area contributed by atoms with Crippen LogP contribution in [0.4, 0.5) is 5.69 Å². The van der Waals surface area contributed by atoms with Crippen molar-refractivity contribution in [1.29, 1.82) is 0 Å². The van der Waals surface area contributed by atoms with Crippen molar-refractivity contribution in [1.82, 2.24) is 0 Å². The van der Waals surface area contributed by atoms with Gasteiger partial charge in [0.15, 0.2) is 0 Å². The molecule has 1 aromatic rings. The van der Waals surface area contributed by atoms with Crippen molar-refractivity contribution in [3.63, 3.8) is 0 Å². The number of nitrogen functional groups attached to an aromatic ring is 1. The van der Waals surface area contributed by atoms with Crippen LogP contribution in [0.3, 0.4) is 0 Å². The summed E-state index contributed by atoms with van der Waals surface area (Å²) in [5, 5.41) is 0. The van der Waals surface area contributed by atoms with Crippen molar-refractivity contribution in [3.05, 3.63) is 28.2 Å². The lowest BCUT2D eigenvalue weighted by Crippen LogP contribution is -2.05. The molecule has 0 saturated carbocycles. The Morgan fingerprint density at radius 1 is 1.06 bits per heavy atom. The molecule has 0 aliphatic rings. The van der Waals surface area contributed by atoms with Gasteiger partial charge >= 0.3 is 0 Å². The van der Waals surface area contributed by atoms with Gasteiger partial charge in [-0.15, -0.1) is 0 Å². The second-order valence-corrected chi connectivity index (χ2v) is 4.82. The van der Waals surface area contributed by atoms with E-state index in [2.05, 4.69) is 15.9 Å². The number of benzene rings is 1. The molecule has 0 unspecified atom stereocenters. The molecule has 5 heteroatoms. The fraction of sp³-hybridized carbons (Fsp3) is 0.538. The molecule has 0 saturated heterocycles. The van der Waals surface area contributed by atoms with Crippen LogP contribution in [-0.2, 0) is 20.8 Å². The predicted molar refractivity (Wildman–Crippen MR) is 75.5 cm³/mol. The highest BCUT2D eigenvalue weighted by Gasteiger charge is 1.98. The van der Waals surface area contributed by atoms with Crippen LogP contribution in [0.25, 0.3) is 0 Å². The van der Waals surface area contributed by atoms with Crippen molar-refractivity contribution in [2.75, 3.05) is 39.3 Å². The van der Waals surface area contributed by atoms with Gasteiger partial charge in [0.05, 0.1) is 19.8 Å². The predicted octanol–water partition coefficient (Wildman–Crippen LogP) is 2.60. The third-order valence-electron chi connectivity index (χ3n) is 2.26. The lowest BCUT2D eigenvalue weighted by molar-refractivity contribution is 0.0483. The van der Waals surface area contributed by atoms with E-state index < -0.39 is 0 Å². The monoisotopic (exact) mass is 317 g/mol. The zero-order valence-corrected chi connectivity index (χ0v) is 12.2. The van der Waals surface area contributed by atoms with Gasteiger partial charge in [0, 0.05) is 30.5 Å². The quantitative estimate of drug-likeness (QED) is 0.562. The summed E-state index contributed by atoms with van der Waals surface area (Å²) in [5.41, 5.74) is 7.55. The molecular formula is C13H20BrNO3. The lowest BCUT2D eigenvalue weighted by atomic mass is 10.2. The van der Waals surface area contributed by atoms with E-state index >= 15 is 0 Å². The van der Waals surface area contributed by atoms with Gasteiger partial charge in [-0.3, -0.25) is 0 Å². The summed E-state index contributed by atoms with van der Waals surface area (Å²) in [6, 6.07) is 5.79. The molecule has 0 spiro atoms. The summed E-state index contributed by atoms with van der Waals surface area (Å²) in [5.74, 6) is 0. The van der Waals surface area contributed by atoms with Crippen molar-refractivity contribution in [2.24, 2.45) is 0 Å². The van der Waals surface area contributed by atoms with Gasteiger partial charge in [-0.2, -0.15) is 0 Å². The fourth-order valence-electron chi connectivity index (χ4n) is 1.46. The van der Waals surface area contributed by atoms with Crippen LogP contribution in [-0.4, -0.2) is 33.5 Å². The van der Waals surface area contributed by atoms with Gasteiger partial charge in [-0.1, -0.05) is 15.9 Å². The number of hydrogen-bond donors (Lipinski definition) is 1. The maximum absolute atomic E-state index is 5.74. The van der Waals surface area contributed by atoms with E-state index in [0.717, 1.165) is 22.1 Å². The molecule has 0 fully saturated rings. The molecule has 0 amide bonds. The molecule has 4 nitrogen and oxygen atoms in total. The number of nitrogens with two attached hydrogens (primary N) is 1. The number of methoxy groups -OCH3 is 1. The number of hydrogen-bond acceptors (Lipinski definition) is 4. The molecule has 0 bridgehead atoms. The molecular weight excluding hydrogens is 298 g/mol. The van der Waals surface area contributed by atoms with Crippen LogP contribution in [0, 0.1) is 0 Å². The molecule has 102 valence electrons. The van der Waals surface area contributed by atoms with Gasteiger partial charge in [-0.05, 0) is 30.2 Å². The zero-order chi connectivity index (χ0) is 13.2. The van der Waals surface area contributed by atoms with Crippen LogP contribution < -0.4 is 5.73 Å². The number of ether oxygens (including phenoxy) is 3. The van der Waals surface area contributed by atoms with E-state index in [4.69, 9.17) is 19.9 Å². The van der Waals surface area contributed by atoms with Crippen LogP contribution >= 0.6 is 15.9 Å². The topological polar surface area (TPSA) is 53.7 Å². The van der Waals surface area contributed by atoms with E-state index in [1.165, 1.54) is 0 Å². The smallest absolute Gasteiger partial charge is 0.0718 e. The normalized spacial score (nSPS) is 10.8. The van der Waals surface area contributed by atoms with Gasteiger partial charge in [-0.25, -0.2) is 0 Å². The van der Waals surface area contributed by atoms with E-state index in [0.29, 0.717) is 33.0 Å². The second kappa shape index (κ2) is 9.33. The Labute approximate surface area is 117 Å². The van der Waals surface area contributed by atoms with E-state index in [1.54, 1.807) is 7.11 Å². The Hall–Kier alpha value is -0.620. The summed E-state index contributed by atoms with van der Waals surface area (Å²) < 4.78 is 16.7. The highest BCUT2D eigenvalue weighted by Crippen LogP contribution is 2.17. The molecule has 0 aliphatic carbocycles. The summed E-state index contributed by atoms with van der Waals surface area (Å²) >= 11 is 3.40. The third kappa shape index (κ3) is 6.96. The Kier molecular flexibility index (Phi) is 8.00. The van der Waals surface area contributed by atoms with Crippen molar-refractivity contribution in [2.45, 2.75) is 13.0 Å². The van der Waals surface area contributed by atoms with Crippen LogP contribution in [0.2, 0.25) is 0 Å². The molecule has 18 heavy (non-hydrogen) atoms. The molecule has 0 radical (unpaired) electrons. The molecule has 0 atom stereocenters. The molecule has 0 aliphatic heterocycles. The average molecular weight is 318 g/mol. The molecule has 2 N–H and O–H groups in total.